The van der Waals surface area contributed by atoms with E-state index < -0.39 is 17.5 Å². The van der Waals surface area contributed by atoms with Crippen LogP contribution in [0.3, 0.4) is 0 Å². The van der Waals surface area contributed by atoms with Gasteiger partial charge in [-0.1, -0.05) is 34.4 Å². The predicted molar refractivity (Wildman–Crippen MR) is 94.9 cm³/mol. The molecular weight excluding hydrogens is 373 g/mol. The normalized spacial score (nSPS) is 11.6. The molecule has 0 bridgehead atoms. The Kier molecular flexibility index (Phi) is 6.50. The molecule has 2 aromatic rings. The second-order valence-electron chi connectivity index (χ2n) is 4.76. The van der Waals surface area contributed by atoms with Crippen LogP contribution >= 0.6 is 23.2 Å². The third-order valence-electron chi connectivity index (χ3n) is 3.01. The van der Waals surface area contributed by atoms with E-state index in [0.29, 0.717) is 21.7 Å². The van der Waals surface area contributed by atoms with Crippen molar-refractivity contribution in [3.05, 3.63) is 69.2 Å². The molecule has 8 heteroatoms. The van der Waals surface area contributed by atoms with Crippen LogP contribution in [-0.4, -0.2) is 19.2 Å². The number of nitrogens with one attached hydrogen (secondary N) is 1. The first-order chi connectivity index (χ1) is 11.9. The summed E-state index contributed by atoms with van der Waals surface area (Å²) >= 11 is 11.9. The summed E-state index contributed by atoms with van der Waals surface area (Å²) < 4.78 is 26.6. The first-order valence-electron chi connectivity index (χ1n) is 6.90. The molecule has 25 heavy (non-hydrogen) atoms. The van der Waals surface area contributed by atoms with Gasteiger partial charge in [0.2, 0.25) is 0 Å². The standard InChI is InChI=1S/C17H12Cl2F2N2O2/c1-25-22-9-11(6-10-2-3-12(18)7-14(10)19)17(24)23-16-5-4-13(20)8-15(16)21/h2-9H,1H3,(H,23,24)/b11-6+,22-9+. The van der Waals surface area contributed by atoms with E-state index in [-0.39, 0.29) is 11.3 Å². The Morgan fingerprint density at radius 1 is 1.20 bits per heavy atom. The van der Waals surface area contributed by atoms with Crippen molar-refractivity contribution < 1.29 is 18.4 Å². The van der Waals surface area contributed by atoms with E-state index in [1.807, 2.05) is 0 Å². The molecule has 1 amide bonds. The zero-order valence-electron chi connectivity index (χ0n) is 12.9. The number of benzene rings is 2. The molecule has 0 aliphatic heterocycles. The Balaban J connectivity index is 2.34. The second kappa shape index (κ2) is 8.60. The van der Waals surface area contributed by atoms with Crippen LogP contribution in [0.15, 0.2) is 47.1 Å². The first kappa shape index (κ1) is 18.9. The van der Waals surface area contributed by atoms with Gasteiger partial charge in [0.15, 0.2) is 0 Å². The van der Waals surface area contributed by atoms with Crippen LogP contribution in [0.5, 0.6) is 0 Å². The van der Waals surface area contributed by atoms with E-state index in [1.54, 1.807) is 12.1 Å². The van der Waals surface area contributed by atoms with Gasteiger partial charge in [0, 0.05) is 16.1 Å². The van der Waals surface area contributed by atoms with Crippen molar-refractivity contribution in [2.75, 3.05) is 12.4 Å². The number of nitrogens with zero attached hydrogens (tertiary/aromatic N) is 1. The highest BCUT2D eigenvalue weighted by molar-refractivity contribution is 6.35. The third-order valence-corrected chi connectivity index (χ3v) is 3.57. The molecule has 0 aliphatic rings. The smallest absolute Gasteiger partial charge is 0.257 e. The molecule has 0 spiro atoms. The highest BCUT2D eigenvalue weighted by Gasteiger charge is 2.13. The summed E-state index contributed by atoms with van der Waals surface area (Å²) in [5.74, 6) is -2.33. The summed E-state index contributed by atoms with van der Waals surface area (Å²) in [6.45, 7) is 0. The zero-order chi connectivity index (χ0) is 18.4. The molecule has 1 N–H and O–H groups in total. The molecule has 0 saturated carbocycles. The highest BCUT2D eigenvalue weighted by Crippen LogP contribution is 2.23. The largest absolute Gasteiger partial charge is 0.399 e. The van der Waals surface area contributed by atoms with Crippen molar-refractivity contribution in [3.63, 3.8) is 0 Å². The topological polar surface area (TPSA) is 50.7 Å². The molecule has 0 aliphatic carbocycles. The lowest BCUT2D eigenvalue weighted by molar-refractivity contribution is -0.112. The van der Waals surface area contributed by atoms with Gasteiger partial charge in [-0.2, -0.15) is 0 Å². The number of halogens is 4. The Morgan fingerprint density at radius 3 is 2.60 bits per heavy atom. The summed E-state index contributed by atoms with van der Waals surface area (Å²) in [7, 11) is 1.31. The molecule has 0 fully saturated rings. The SMILES string of the molecule is CO/N=C/C(=C\c1ccc(Cl)cc1Cl)C(=O)Nc1ccc(F)cc1F. The lowest BCUT2D eigenvalue weighted by Crippen LogP contribution is -2.16. The maximum Gasteiger partial charge on any atom is 0.257 e. The molecule has 0 radical (unpaired) electrons. The van der Waals surface area contributed by atoms with Gasteiger partial charge < -0.3 is 10.2 Å². The van der Waals surface area contributed by atoms with Crippen LogP contribution in [0.2, 0.25) is 10.0 Å². The minimum absolute atomic E-state index is 0.0368. The van der Waals surface area contributed by atoms with Crippen LogP contribution in [0.4, 0.5) is 14.5 Å². The maximum absolute atomic E-state index is 13.7. The van der Waals surface area contributed by atoms with Crippen molar-refractivity contribution in [3.8, 4) is 0 Å². The van der Waals surface area contributed by atoms with Gasteiger partial charge in [0.1, 0.15) is 18.7 Å². The van der Waals surface area contributed by atoms with Gasteiger partial charge in [-0.3, -0.25) is 4.79 Å². The van der Waals surface area contributed by atoms with Gasteiger partial charge in [-0.05, 0) is 35.9 Å². The predicted octanol–water partition coefficient (Wildman–Crippen LogP) is 4.93. The lowest BCUT2D eigenvalue weighted by atomic mass is 10.1. The van der Waals surface area contributed by atoms with Gasteiger partial charge in [-0.25, -0.2) is 8.78 Å². The molecule has 0 atom stereocenters. The quantitative estimate of drug-likeness (QED) is 0.451. The van der Waals surface area contributed by atoms with E-state index in [0.717, 1.165) is 18.3 Å². The van der Waals surface area contributed by atoms with E-state index in [1.165, 1.54) is 19.3 Å². The summed E-state index contributed by atoms with van der Waals surface area (Å²) in [6.07, 6.45) is 2.57. The van der Waals surface area contributed by atoms with Crippen LogP contribution in [0.1, 0.15) is 5.56 Å². The minimum atomic E-state index is -0.902. The fraction of sp³-hybridized carbons (Fsp3) is 0.0588. The van der Waals surface area contributed by atoms with E-state index >= 15 is 0 Å². The average molecular weight is 385 g/mol. The number of hydrogen-bond acceptors (Lipinski definition) is 3. The molecule has 0 aromatic heterocycles. The Hall–Kier alpha value is -2.44. The summed E-state index contributed by atoms with van der Waals surface area (Å²) in [4.78, 5) is 17.0. The summed E-state index contributed by atoms with van der Waals surface area (Å²) in [5.41, 5.74) is 0.360. The van der Waals surface area contributed by atoms with E-state index in [4.69, 9.17) is 23.2 Å². The second-order valence-corrected chi connectivity index (χ2v) is 5.60. The van der Waals surface area contributed by atoms with E-state index in [9.17, 15) is 13.6 Å². The first-order valence-corrected chi connectivity index (χ1v) is 7.66. The van der Waals surface area contributed by atoms with Crippen LogP contribution < -0.4 is 5.32 Å². The van der Waals surface area contributed by atoms with Crippen molar-refractivity contribution in [1.29, 1.82) is 0 Å². The zero-order valence-corrected chi connectivity index (χ0v) is 14.4. The highest BCUT2D eigenvalue weighted by atomic mass is 35.5. The summed E-state index contributed by atoms with van der Waals surface area (Å²) in [6, 6.07) is 7.53. The molecule has 0 unspecified atom stereocenters. The number of carbonyl (C=O) groups excluding carboxylic acids is 1. The number of carbonyl (C=O) groups is 1. The fourth-order valence-corrected chi connectivity index (χ4v) is 2.31. The molecule has 130 valence electrons. The minimum Gasteiger partial charge on any atom is -0.399 e. The Labute approximate surface area is 152 Å². The molecule has 4 nitrogen and oxygen atoms in total. The van der Waals surface area contributed by atoms with Crippen LogP contribution in [0, 0.1) is 11.6 Å². The van der Waals surface area contributed by atoms with Crippen LogP contribution in [-0.2, 0) is 9.63 Å². The monoisotopic (exact) mass is 384 g/mol. The van der Waals surface area contributed by atoms with Gasteiger partial charge in [0.05, 0.1) is 17.5 Å². The number of amides is 1. The summed E-state index contributed by atoms with van der Waals surface area (Å²) in [5, 5.41) is 6.62. The lowest BCUT2D eigenvalue weighted by Gasteiger charge is -2.08. The van der Waals surface area contributed by atoms with Crippen LogP contribution in [0.25, 0.3) is 6.08 Å². The molecule has 0 saturated heterocycles. The Bertz CT molecular complexity index is 855. The maximum atomic E-state index is 13.7. The van der Waals surface area contributed by atoms with Gasteiger partial charge in [0.25, 0.3) is 5.91 Å². The number of oxime groups is 1. The fourth-order valence-electron chi connectivity index (χ4n) is 1.84. The van der Waals surface area contributed by atoms with Gasteiger partial charge >= 0.3 is 0 Å². The molecular formula is C17H12Cl2F2N2O2. The average Bonchev–Trinajstić information content (AvgIpc) is 2.55. The van der Waals surface area contributed by atoms with Crippen molar-refractivity contribution in [2.24, 2.45) is 5.16 Å². The van der Waals surface area contributed by atoms with Crippen molar-refractivity contribution in [2.45, 2.75) is 0 Å². The molecule has 0 heterocycles. The van der Waals surface area contributed by atoms with Crippen molar-refractivity contribution >= 4 is 47.1 Å². The Morgan fingerprint density at radius 2 is 1.96 bits per heavy atom. The molecule has 2 rings (SSSR count). The number of hydrogen-bond donors (Lipinski definition) is 1. The number of anilines is 1. The number of rotatable bonds is 5. The molecule has 2 aromatic carbocycles. The third kappa shape index (κ3) is 5.27. The van der Waals surface area contributed by atoms with E-state index in [2.05, 4.69) is 15.3 Å². The van der Waals surface area contributed by atoms with Crippen molar-refractivity contribution in [1.82, 2.24) is 0 Å². The van der Waals surface area contributed by atoms with Gasteiger partial charge in [-0.15, -0.1) is 0 Å².